The van der Waals surface area contributed by atoms with Crippen LogP contribution in [0.4, 0.5) is 5.69 Å². The first-order valence-corrected chi connectivity index (χ1v) is 4.99. The van der Waals surface area contributed by atoms with Gasteiger partial charge in [0.1, 0.15) is 0 Å². The maximum atomic E-state index is 11.2. The molecule has 5 nitrogen and oxygen atoms in total. The lowest BCUT2D eigenvalue weighted by atomic mass is 10.1. The molecule has 1 rings (SSSR count). The smallest absolute Gasteiger partial charge is 0.225 e. The summed E-state index contributed by atoms with van der Waals surface area (Å²) >= 11 is 0. The highest BCUT2D eigenvalue weighted by molar-refractivity contribution is 5.90. The molecule has 0 aliphatic heterocycles. The van der Waals surface area contributed by atoms with Crippen molar-refractivity contribution in [3.8, 4) is 0 Å². The number of carbonyl (C=O) groups excluding carboxylic acids is 2. The molecule has 0 aliphatic rings. The Labute approximate surface area is 93.8 Å². The Balaban J connectivity index is 2.57. The van der Waals surface area contributed by atoms with E-state index in [-0.39, 0.29) is 18.2 Å². The summed E-state index contributed by atoms with van der Waals surface area (Å²) in [6.07, 6.45) is 0.500. The number of hydrogen-bond acceptors (Lipinski definition) is 3. The van der Waals surface area contributed by atoms with Crippen molar-refractivity contribution in [3.63, 3.8) is 0 Å². The molecular formula is C11H15N3O2. The maximum Gasteiger partial charge on any atom is 0.225 e. The van der Waals surface area contributed by atoms with Crippen LogP contribution in [0.15, 0.2) is 24.3 Å². The molecule has 5 N–H and O–H groups in total. The fourth-order valence-electron chi connectivity index (χ4n) is 1.26. The van der Waals surface area contributed by atoms with Crippen LogP contribution >= 0.6 is 0 Å². The Morgan fingerprint density at radius 3 is 2.31 bits per heavy atom. The number of rotatable bonds is 5. The fourth-order valence-corrected chi connectivity index (χ4v) is 1.26. The summed E-state index contributed by atoms with van der Waals surface area (Å²) in [6.45, 7) is 0.325. The van der Waals surface area contributed by atoms with Gasteiger partial charge in [0.25, 0.3) is 0 Å². The minimum absolute atomic E-state index is 0.120. The Kier molecular flexibility index (Phi) is 4.47. The number of carbonyl (C=O) groups is 2. The Bertz CT molecular complexity index is 373. The van der Waals surface area contributed by atoms with Crippen LogP contribution in [0.3, 0.4) is 0 Å². The van der Waals surface area contributed by atoms with Crippen molar-refractivity contribution in [2.45, 2.75) is 12.8 Å². The zero-order chi connectivity index (χ0) is 12.0. The number of benzene rings is 1. The van der Waals surface area contributed by atoms with Gasteiger partial charge in [0.2, 0.25) is 11.8 Å². The van der Waals surface area contributed by atoms with Gasteiger partial charge in [-0.05, 0) is 17.7 Å². The van der Waals surface area contributed by atoms with E-state index < -0.39 is 0 Å². The summed E-state index contributed by atoms with van der Waals surface area (Å²) in [7, 11) is 0. The Hall–Kier alpha value is -1.88. The highest BCUT2D eigenvalue weighted by atomic mass is 16.1. The first-order valence-electron chi connectivity index (χ1n) is 4.99. The van der Waals surface area contributed by atoms with Gasteiger partial charge in [-0.1, -0.05) is 12.1 Å². The van der Waals surface area contributed by atoms with Gasteiger partial charge in [-0.2, -0.15) is 0 Å². The van der Waals surface area contributed by atoms with Crippen LogP contribution in [0, 0.1) is 0 Å². The van der Waals surface area contributed by atoms with Gasteiger partial charge in [-0.25, -0.2) is 0 Å². The van der Waals surface area contributed by atoms with Crippen molar-refractivity contribution >= 4 is 17.5 Å². The van der Waals surface area contributed by atoms with E-state index in [0.717, 1.165) is 5.56 Å². The van der Waals surface area contributed by atoms with Gasteiger partial charge in [0.05, 0.1) is 6.42 Å². The molecule has 0 bridgehead atoms. The SMILES string of the molecule is NCCC(=O)Nc1ccc(CC(N)=O)cc1. The molecule has 0 saturated carbocycles. The minimum atomic E-state index is -0.375. The van der Waals surface area contributed by atoms with Gasteiger partial charge in [0.15, 0.2) is 0 Å². The molecule has 16 heavy (non-hydrogen) atoms. The molecule has 1 aromatic carbocycles. The fraction of sp³-hybridized carbons (Fsp3) is 0.273. The summed E-state index contributed by atoms with van der Waals surface area (Å²) < 4.78 is 0. The molecule has 0 unspecified atom stereocenters. The first-order chi connectivity index (χ1) is 7.61. The molecule has 0 aliphatic carbocycles. The van der Waals surface area contributed by atoms with Crippen LogP contribution in [0.1, 0.15) is 12.0 Å². The number of anilines is 1. The van der Waals surface area contributed by atoms with E-state index in [1.807, 2.05) is 0 Å². The standard InChI is InChI=1S/C11H15N3O2/c12-6-5-11(16)14-9-3-1-8(2-4-9)7-10(13)15/h1-4H,5-7,12H2,(H2,13,15)(H,14,16). The summed E-state index contributed by atoms with van der Waals surface area (Å²) in [5, 5.41) is 2.69. The molecule has 1 aromatic rings. The van der Waals surface area contributed by atoms with E-state index in [1.54, 1.807) is 24.3 Å². The van der Waals surface area contributed by atoms with Crippen molar-refractivity contribution in [2.75, 3.05) is 11.9 Å². The largest absolute Gasteiger partial charge is 0.369 e. The van der Waals surface area contributed by atoms with Crippen molar-refractivity contribution in [1.29, 1.82) is 0 Å². The van der Waals surface area contributed by atoms with E-state index in [1.165, 1.54) is 0 Å². The monoisotopic (exact) mass is 221 g/mol. The summed E-state index contributed by atoms with van der Waals surface area (Å²) in [5.41, 5.74) is 11.8. The maximum absolute atomic E-state index is 11.2. The van der Waals surface area contributed by atoms with Crippen molar-refractivity contribution in [2.24, 2.45) is 11.5 Å². The summed E-state index contributed by atoms with van der Waals surface area (Å²) in [6, 6.07) is 6.96. The molecule has 2 amide bonds. The number of hydrogen-bond donors (Lipinski definition) is 3. The molecule has 0 atom stereocenters. The second-order valence-electron chi connectivity index (χ2n) is 3.43. The zero-order valence-electron chi connectivity index (χ0n) is 8.90. The molecule has 0 fully saturated rings. The number of amides is 2. The van der Waals surface area contributed by atoms with Gasteiger partial charge < -0.3 is 16.8 Å². The van der Waals surface area contributed by atoms with Gasteiger partial charge in [-0.3, -0.25) is 9.59 Å². The highest BCUT2D eigenvalue weighted by Gasteiger charge is 2.01. The number of primary amides is 1. The molecule has 86 valence electrons. The lowest BCUT2D eigenvalue weighted by molar-refractivity contribution is -0.117. The second kappa shape index (κ2) is 5.87. The zero-order valence-corrected chi connectivity index (χ0v) is 8.90. The normalized spacial score (nSPS) is 9.81. The average molecular weight is 221 g/mol. The predicted molar refractivity (Wildman–Crippen MR) is 61.6 cm³/mol. The van der Waals surface area contributed by atoms with Crippen molar-refractivity contribution in [3.05, 3.63) is 29.8 Å². The lowest BCUT2D eigenvalue weighted by Gasteiger charge is -2.05. The number of nitrogens with one attached hydrogen (secondary N) is 1. The van der Waals surface area contributed by atoms with E-state index in [2.05, 4.69) is 5.32 Å². The van der Waals surface area contributed by atoms with E-state index >= 15 is 0 Å². The van der Waals surface area contributed by atoms with Crippen LogP contribution in [0.5, 0.6) is 0 Å². The van der Waals surface area contributed by atoms with Crippen LogP contribution < -0.4 is 16.8 Å². The Morgan fingerprint density at radius 2 is 1.81 bits per heavy atom. The third kappa shape index (κ3) is 4.10. The first kappa shape index (κ1) is 12.2. The third-order valence-electron chi connectivity index (χ3n) is 1.99. The lowest BCUT2D eigenvalue weighted by Crippen LogP contribution is -2.16. The topological polar surface area (TPSA) is 98.2 Å². The molecule has 0 heterocycles. The quantitative estimate of drug-likeness (QED) is 0.652. The van der Waals surface area contributed by atoms with Crippen molar-refractivity contribution < 1.29 is 9.59 Å². The van der Waals surface area contributed by atoms with Crippen LogP contribution in [0.25, 0.3) is 0 Å². The number of nitrogens with two attached hydrogens (primary N) is 2. The molecule has 0 saturated heterocycles. The summed E-state index contributed by atoms with van der Waals surface area (Å²) in [4.78, 5) is 21.9. The van der Waals surface area contributed by atoms with Gasteiger partial charge in [-0.15, -0.1) is 0 Å². The highest BCUT2D eigenvalue weighted by Crippen LogP contribution is 2.10. The molecule has 0 spiro atoms. The average Bonchev–Trinajstić information content (AvgIpc) is 2.20. The minimum Gasteiger partial charge on any atom is -0.369 e. The second-order valence-corrected chi connectivity index (χ2v) is 3.43. The predicted octanol–water partition coefficient (Wildman–Crippen LogP) is 0.00170. The van der Waals surface area contributed by atoms with E-state index in [9.17, 15) is 9.59 Å². The van der Waals surface area contributed by atoms with E-state index in [4.69, 9.17) is 11.5 Å². The molecule has 0 aromatic heterocycles. The van der Waals surface area contributed by atoms with Gasteiger partial charge in [0, 0.05) is 18.7 Å². The molecule has 5 heteroatoms. The van der Waals surface area contributed by atoms with Crippen LogP contribution in [0.2, 0.25) is 0 Å². The molecule has 0 radical (unpaired) electrons. The summed E-state index contributed by atoms with van der Waals surface area (Å²) in [5.74, 6) is -0.495. The molecular weight excluding hydrogens is 206 g/mol. The van der Waals surface area contributed by atoms with Crippen LogP contribution in [-0.2, 0) is 16.0 Å². The van der Waals surface area contributed by atoms with Gasteiger partial charge >= 0.3 is 0 Å². The van der Waals surface area contributed by atoms with Crippen LogP contribution in [-0.4, -0.2) is 18.4 Å². The third-order valence-corrected chi connectivity index (χ3v) is 1.99. The van der Waals surface area contributed by atoms with Crippen molar-refractivity contribution in [1.82, 2.24) is 0 Å². The van der Waals surface area contributed by atoms with E-state index in [0.29, 0.717) is 18.7 Å². The Morgan fingerprint density at radius 1 is 1.19 bits per heavy atom.